The van der Waals surface area contributed by atoms with E-state index >= 15 is 0 Å². The average Bonchev–Trinajstić information content (AvgIpc) is 2.07. The van der Waals surface area contributed by atoms with Crippen LogP contribution in [0, 0.1) is 0 Å². The molecule has 2 rings (SSSR count). The van der Waals surface area contributed by atoms with Crippen molar-refractivity contribution in [3.05, 3.63) is 109 Å². The van der Waals surface area contributed by atoms with Crippen molar-refractivity contribution in [1.29, 1.82) is 0 Å². The Morgan fingerprint density at radius 3 is 1.25 bits per heavy atom. The molecular weight excluding hydrogens is 1110 g/mol. The van der Waals surface area contributed by atoms with Gasteiger partial charge in [0, 0.05) is 6.42 Å². The molecule has 0 spiro atoms. The van der Waals surface area contributed by atoms with Crippen molar-refractivity contribution < 1.29 is 64.6 Å². The Morgan fingerprint density at radius 1 is 0.420 bits per heavy atom. The minimum atomic E-state index is -1.80. The Morgan fingerprint density at radius 2 is 0.795 bits per heavy atom. The highest BCUT2D eigenvalue weighted by molar-refractivity contribution is 5.76. The number of hydrogen-bond acceptors (Lipinski definition) is 13. The van der Waals surface area contributed by atoms with Gasteiger partial charge in [-0.15, -0.1) is 0 Å². The third-order valence-electron chi connectivity index (χ3n) is 16.4. The fourth-order valence-electron chi connectivity index (χ4n) is 10.9. The monoisotopic (exact) mass is 1240 g/mol. The maximum absolute atomic E-state index is 13.3. The second-order valence-electron chi connectivity index (χ2n) is 24.3. The first-order chi connectivity index (χ1) is 43.1. The van der Waals surface area contributed by atoms with Crippen LogP contribution in [0.5, 0.6) is 0 Å². The van der Waals surface area contributed by atoms with Crippen LogP contribution < -0.4 is 5.32 Å². The maximum Gasteiger partial charge on any atom is 0.220 e. The molecular formula is C74H127NO13. The number of amides is 1. The van der Waals surface area contributed by atoms with Gasteiger partial charge in [-0.1, -0.05) is 264 Å². The van der Waals surface area contributed by atoms with E-state index in [9.17, 15) is 45.6 Å². The molecule has 2 heterocycles. The molecule has 506 valence electrons. The summed E-state index contributed by atoms with van der Waals surface area (Å²) in [6, 6.07) is -0.946. The zero-order valence-corrected chi connectivity index (χ0v) is 54.9. The summed E-state index contributed by atoms with van der Waals surface area (Å²) in [5, 5.41) is 87.4. The Hall–Kier alpha value is -3.35. The summed E-state index contributed by atoms with van der Waals surface area (Å²) in [6.45, 7) is 2.67. The number of rotatable bonds is 56. The molecule has 2 aliphatic heterocycles. The lowest BCUT2D eigenvalue weighted by atomic mass is 9.97. The summed E-state index contributed by atoms with van der Waals surface area (Å²) in [5.74, 6) is -0.256. The van der Waals surface area contributed by atoms with Gasteiger partial charge < -0.3 is 65.1 Å². The molecule has 2 saturated heterocycles. The van der Waals surface area contributed by atoms with Crippen LogP contribution in [0.3, 0.4) is 0 Å². The predicted octanol–water partition coefficient (Wildman–Crippen LogP) is 14.3. The molecule has 2 fully saturated rings. The Balaban J connectivity index is 1.68. The van der Waals surface area contributed by atoms with E-state index in [0.717, 1.165) is 83.5 Å². The highest BCUT2D eigenvalue weighted by Crippen LogP contribution is 2.30. The normalized spacial score (nSPS) is 23.8. The lowest BCUT2D eigenvalue weighted by Crippen LogP contribution is -2.65. The molecule has 14 heteroatoms. The van der Waals surface area contributed by atoms with Crippen molar-refractivity contribution in [2.45, 2.75) is 331 Å². The standard InChI is InChI=1S/C74H127NO13/c1-3-5-7-9-11-13-15-17-19-21-23-25-26-27-28-29-30-31-32-33-34-35-36-38-40-42-44-46-48-50-52-54-56-58-66(79)75-62(63(78)57-55-53-51-49-47-45-43-41-39-37-24-22-20-18-16-14-12-10-8-6-4-2)61-85-73-71(84)69(82)72(65(60-77)87-73)88-74-70(83)68(81)67(80)64(59-76)86-74/h5,7,11,13,17,19,23,25,27-28,30-31,39,41,47,49,55,57,62-65,67-74,76-78,80-84H,3-4,6,8-10,12,14-16,18,20-22,24,26,29,32-38,40,42-46,48,50-54,56,58-61H2,1-2H3,(H,75,79)/b7-5-,13-11-,19-17-,25-23-,28-27-,31-30-,41-39+,49-47+,57-55+. The number of carbonyl (C=O) groups is 1. The zero-order valence-electron chi connectivity index (χ0n) is 54.9. The number of ether oxygens (including phenoxy) is 4. The zero-order chi connectivity index (χ0) is 63.8. The molecule has 0 saturated carbocycles. The van der Waals surface area contributed by atoms with Crippen molar-refractivity contribution in [3.63, 3.8) is 0 Å². The molecule has 0 aliphatic carbocycles. The third kappa shape index (κ3) is 41.2. The molecule has 2 aliphatic rings. The van der Waals surface area contributed by atoms with Crippen LogP contribution in [-0.2, 0) is 23.7 Å². The smallest absolute Gasteiger partial charge is 0.220 e. The van der Waals surface area contributed by atoms with Gasteiger partial charge in [0.05, 0.1) is 32.0 Å². The van der Waals surface area contributed by atoms with Crippen molar-refractivity contribution >= 4 is 5.91 Å². The molecule has 12 atom stereocenters. The number of allylic oxidation sites excluding steroid dienone is 17. The van der Waals surface area contributed by atoms with Gasteiger partial charge >= 0.3 is 0 Å². The van der Waals surface area contributed by atoms with E-state index in [0.29, 0.717) is 12.8 Å². The predicted molar refractivity (Wildman–Crippen MR) is 359 cm³/mol. The molecule has 12 unspecified atom stereocenters. The van der Waals surface area contributed by atoms with E-state index in [-0.39, 0.29) is 18.9 Å². The first-order valence-electron chi connectivity index (χ1n) is 35.1. The van der Waals surface area contributed by atoms with Crippen molar-refractivity contribution in [2.24, 2.45) is 0 Å². The average molecular weight is 1240 g/mol. The van der Waals surface area contributed by atoms with Crippen molar-refractivity contribution in [3.8, 4) is 0 Å². The maximum atomic E-state index is 13.3. The lowest BCUT2D eigenvalue weighted by molar-refractivity contribution is -0.359. The van der Waals surface area contributed by atoms with Crippen molar-refractivity contribution in [2.75, 3.05) is 19.8 Å². The van der Waals surface area contributed by atoms with E-state index in [4.69, 9.17) is 18.9 Å². The first kappa shape index (κ1) is 80.7. The second kappa shape index (κ2) is 57.5. The van der Waals surface area contributed by atoms with Crippen LogP contribution in [0.25, 0.3) is 0 Å². The van der Waals surface area contributed by atoms with Gasteiger partial charge in [-0.05, 0) is 96.3 Å². The number of aliphatic hydroxyl groups is 8. The van der Waals surface area contributed by atoms with E-state index in [1.165, 1.54) is 141 Å². The number of aliphatic hydroxyl groups excluding tert-OH is 8. The first-order valence-corrected chi connectivity index (χ1v) is 35.1. The molecule has 88 heavy (non-hydrogen) atoms. The summed E-state index contributed by atoms with van der Waals surface area (Å²) >= 11 is 0. The van der Waals surface area contributed by atoms with Gasteiger partial charge in [0.2, 0.25) is 5.91 Å². The molecule has 14 nitrogen and oxygen atoms in total. The van der Waals surface area contributed by atoms with Gasteiger partial charge in [0.15, 0.2) is 12.6 Å². The highest BCUT2D eigenvalue weighted by atomic mass is 16.7. The van der Waals surface area contributed by atoms with E-state index in [1.54, 1.807) is 6.08 Å². The molecule has 0 bridgehead atoms. The van der Waals surface area contributed by atoms with Gasteiger partial charge in [-0.25, -0.2) is 0 Å². The van der Waals surface area contributed by atoms with Crippen LogP contribution >= 0.6 is 0 Å². The number of hydrogen-bond donors (Lipinski definition) is 9. The summed E-state index contributed by atoms with van der Waals surface area (Å²) < 4.78 is 22.8. The van der Waals surface area contributed by atoms with Crippen LogP contribution in [-0.4, -0.2) is 140 Å². The number of carbonyl (C=O) groups excluding carboxylic acids is 1. The minimum Gasteiger partial charge on any atom is -0.394 e. The topological polar surface area (TPSA) is 228 Å². The Kier molecular flexibility index (Phi) is 52.8. The third-order valence-corrected chi connectivity index (χ3v) is 16.4. The SMILES string of the molecule is CC/C=C\C/C=C\C/C=C\C/C=C\C/C=C\C/C=C\CCCCCCCCCCCCCCCCC(=O)NC(COC1OC(CO)C(OC2OC(CO)C(O)C(O)C2O)C(O)C1O)C(O)/C=C/CC/C=C/CC/C=C/CCCCCCCCCCCCC. The van der Waals surface area contributed by atoms with E-state index < -0.39 is 86.8 Å². The molecule has 0 radical (unpaired) electrons. The molecule has 9 N–H and O–H groups in total. The van der Waals surface area contributed by atoms with Crippen LogP contribution in [0.1, 0.15) is 258 Å². The van der Waals surface area contributed by atoms with Gasteiger partial charge in [-0.3, -0.25) is 4.79 Å². The number of nitrogens with one attached hydrogen (secondary N) is 1. The largest absolute Gasteiger partial charge is 0.394 e. The van der Waals surface area contributed by atoms with E-state index in [2.05, 4.69) is 116 Å². The van der Waals surface area contributed by atoms with Crippen LogP contribution in [0.4, 0.5) is 0 Å². The fourth-order valence-corrected chi connectivity index (χ4v) is 10.9. The van der Waals surface area contributed by atoms with Gasteiger partial charge in [0.25, 0.3) is 0 Å². The van der Waals surface area contributed by atoms with Crippen molar-refractivity contribution in [1.82, 2.24) is 5.32 Å². The quantitative estimate of drug-likeness (QED) is 0.0204. The minimum absolute atomic E-state index is 0.256. The number of unbranched alkanes of at least 4 members (excludes halogenated alkanes) is 27. The highest BCUT2D eigenvalue weighted by Gasteiger charge is 2.51. The Labute approximate surface area is 534 Å². The van der Waals surface area contributed by atoms with E-state index in [1.807, 2.05) is 6.08 Å². The summed E-state index contributed by atoms with van der Waals surface area (Å²) in [5.41, 5.74) is 0. The van der Waals surface area contributed by atoms with Gasteiger partial charge in [-0.2, -0.15) is 0 Å². The van der Waals surface area contributed by atoms with Crippen LogP contribution in [0.15, 0.2) is 109 Å². The fraction of sp³-hybridized carbons (Fsp3) is 0.743. The summed E-state index contributed by atoms with van der Waals surface area (Å²) in [4.78, 5) is 13.3. The Bertz CT molecular complexity index is 1890. The molecule has 0 aromatic rings. The summed E-state index contributed by atoms with van der Waals surface area (Å²) in [7, 11) is 0. The van der Waals surface area contributed by atoms with Crippen LogP contribution in [0.2, 0.25) is 0 Å². The lowest BCUT2D eigenvalue weighted by Gasteiger charge is -2.46. The summed E-state index contributed by atoms with van der Waals surface area (Å²) in [6.07, 6.45) is 65.7. The second-order valence-corrected chi connectivity index (χ2v) is 24.3. The molecule has 0 aromatic carbocycles. The van der Waals surface area contributed by atoms with Gasteiger partial charge in [0.1, 0.15) is 48.8 Å². The molecule has 1 amide bonds. The molecule has 0 aromatic heterocycles.